The number of hydrogen-bond donors (Lipinski definition) is 5. The van der Waals surface area contributed by atoms with E-state index in [1.165, 1.54) is 0 Å². The lowest BCUT2D eigenvalue weighted by Crippen LogP contribution is -2.47. The largest absolute Gasteiger partial charge is 0.481 e. The molecular formula is C10H17N3O6. The predicted molar refractivity (Wildman–Crippen MR) is 63.5 cm³/mol. The molecule has 3 amide bonds. The minimum absolute atomic E-state index is 0.0249. The molecule has 0 fully saturated rings. The lowest BCUT2D eigenvalue weighted by molar-refractivity contribution is -0.145. The molecule has 0 aromatic rings. The van der Waals surface area contributed by atoms with Crippen molar-refractivity contribution in [3.05, 3.63) is 0 Å². The molecule has 0 heterocycles. The van der Waals surface area contributed by atoms with Gasteiger partial charge in [-0.25, -0.2) is 9.59 Å². The van der Waals surface area contributed by atoms with Crippen LogP contribution in [0.15, 0.2) is 0 Å². The summed E-state index contributed by atoms with van der Waals surface area (Å²) in [5.74, 6) is -3.03. The molecule has 0 radical (unpaired) electrons. The minimum Gasteiger partial charge on any atom is -0.481 e. The number of amides is 3. The van der Waals surface area contributed by atoms with E-state index in [-0.39, 0.29) is 18.9 Å². The zero-order chi connectivity index (χ0) is 14.8. The molecule has 0 saturated carbocycles. The normalized spacial score (nSPS) is 11.2. The predicted octanol–water partition coefficient (Wildman–Crippen LogP) is -1.26. The second-order valence-electron chi connectivity index (χ2n) is 3.59. The quantitative estimate of drug-likeness (QED) is 0.374. The summed E-state index contributed by atoms with van der Waals surface area (Å²) in [5, 5.41) is 23.9. The highest BCUT2D eigenvalue weighted by Crippen LogP contribution is 1.92. The van der Waals surface area contributed by atoms with Gasteiger partial charge in [-0.2, -0.15) is 0 Å². The first-order chi connectivity index (χ1) is 8.86. The lowest BCUT2D eigenvalue weighted by atomic mass is 10.2. The number of aliphatic carboxylic acids is 2. The smallest absolute Gasteiger partial charge is 0.326 e. The van der Waals surface area contributed by atoms with Crippen molar-refractivity contribution < 1.29 is 29.4 Å². The molecule has 5 N–H and O–H groups in total. The zero-order valence-electron chi connectivity index (χ0n) is 10.4. The highest BCUT2D eigenvalue weighted by Gasteiger charge is 2.22. The maximum absolute atomic E-state index is 11.3. The van der Waals surface area contributed by atoms with Crippen LogP contribution >= 0.6 is 0 Å². The second-order valence-corrected chi connectivity index (χ2v) is 3.59. The summed E-state index contributed by atoms with van der Waals surface area (Å²) in [6.45, 7) is 2.25. The van der Waals surface area contributed by atoms with E-state index >= 15 is 0 Å². The standard InChI is InChI=1S/C10H17N3O6/c1-2-11-7(14)3-4-12-10(19)13-6(9(17)18)5-8(15)16/h6H,2-5H2,1H3,(H,11,14)(H,15,16)(H,17,18)(H2,12,13,19). The van der Waals surface area contributed by atoms with Crippen LogP contribution in [0.4, 0.5) is 4.79 Å². The van der Waals surface area contributed by atoms with E-state index in [9.17, 15) is 19.2 Å². The topological polar surface area (TPSA) is 145 Å². The van der Waals surface area contributed by atoms with Gasteiger partial charge in [0.25, 0.3) is 0 Å². The first-order valence-electron chi connectivity index (χ1n) is 5.62. The molecule has 9 heteroatoms. The summed E-state index contributed by atoms with van der Waals surface area (Å²) < 4.78 is 0. The summed E-state index contributed by atoms with van der Waals surface area (Å²) in [6.07, 6.45) is -0.670. The van der Waals surface area contributed by atoms with E-state index in [4.69, 9.17) is 10.2 Å². The fourth-order valence-electron chi connectivity index (χ4n) is 1.16. The Morgan fingerprint density at radius 2 is 1.74 bits per heavy atom. The first-order valence-corrected chi connectivity index (χ1v) is 5.62. The van der Waals surface area contributed by atoms with Gasteiger partial charge in [-0.15, -0.1) is 0 Å². The fraction of sp³-hybridized carbons (Fsp3) is 0.600. The van der Waals surface area contributed by atoms with Gasteiger partial charge in [-0.05, 0) is 6.92 Å². The maximum Gasteiger partial charge on any atom is 0.326 e. The number of nitrogens with one attached hydrogen (secondary N) is 3. The Bertz CT molecular complexity index is 357. The van der Waals surface area contributed by atoms with E-state index in [2.05, 4.69) is 10.6 Å². The highest BCUT2D eigenvalue weighted by molar-refractivity contribution is 5.86. The molecule has 1 unspecified atom stereocenters. The van der Waals surface area contributed by atoms with Gasteiger partial charge < -0.3 is 26.2 Å². The molecule has 0 rings (SSSR count). The number of rotatable bonds is 8. The molecule has 0 bridgehead atoms. The number of urea groups is 1. The van der Waals surface area contributed by atoms with Crippen LogP contribution in [-0.4, -0.2) is 53.2 Å². The lowest BCUT2D eigenvalue weighted by Gasteiger charge is -2.13. The molecule has 0 saturated heterocycles. The van der Waals surface area contributed by atoms with E-state index in [0.29, 0.717) is 6.54 Å². The van der Waals surface area contributed by atoms with Crippen molar-refractivity contribution in [3.63, 3.8) is 0 Å². The number of carboxylic acid groups (broad SMARTS) is 2. The van der Waals surface area contributed by atoms with Crippen LogP contribution in [0.25, 0.3) is 0 Å². The number of hydrogen-bond acceptors (Lipinski definition) is 4. The van der Waals surface area contributed by atoms with Crippen LogP contribution in [0.3, 0.4) is 0 Å². The third-order valence-corrected chi connectivity index (χ3v) is 1.99. The Balaban J connectivity index is 4.03. The number of carboxylic acids is 2. The van der Waals surface area contributed by atoms with Gasteiger partial charge in [0.1, 0.15) is 6.04 Å². The summed E-state index contributed by atoms with van der Waals surface area (Å²) in [5.41, 5.74) is 0. The molecule has 1 atom stereocenters. The molecule has 0 aromatic carbocycles. The summed E-state index contributed by atoms with van der Waals surface area (Å²) in [4.78, 5) is 43.4. The minimum atomic E-state index is -1.51. The van der Waals surface area contributed by atoms with Gasteiger partial charge in [0.2, 0.25) is 5.91 Å². The van der Waals surface area contributed by atoms with Gasteiger partial charge in [-0.1, -0.05) is 0 Å². The van der Waals surface area contributed by atoms with Gasteiger partial charge in [0.05, 0.1) is 6.42 Å². The molecular weight excluding hydrogens is 258 g/mol. The van der Waals surface area contributed by atoms with Crippen LogP contribution in [-0.2, 0) is 14.4 Å². The van der Waals surface area contributed by atoms with Gasteiger partial charge in [0.15, 0.2) is 0 Å². The Labute approximate surface area is 109 Å². The maximum atomic E-state index is 11.3. The summed E-state index contributed by atoms with van der Waals surface area (Å²) in [7, 11) is 0. The molecule has 9 nitrogen and oxygen atoms in total. The van der Waals surface area contributed by atoms with Crippen LogP contribution < -0.4 is 16.0 Å². The van der Waals surface area contributed by atoms with Crippen molar-refractivity contribution >= 4 is 23.9 Å². The van der Waals surface area contributed by atoms with E-state index in [1.807, 2.05) is 5.32 Å². The van der Waals surface area contributed by atoms with E-state index < -0.39 is 30.4 Å². The van der Waals surface area contributed by atoms with Crippen molar-refractivity contribution in [2.75, 3.05) is 13.1 Å². The first kappa shape index (κ1) is 16.7. The van der Waals surface area contributed by atoms with E-state index in [0.717, 1.165) is 0 Å². The van der Waals surface area contributed by atoms with Crippen molar-refractivity contribution in [2.45, 2.75) is 25.8 Å². The molecule has 0 spiro atoms. The molecule has 0 aromatic heterocycles. The van der Waals surface area contributed by atoms with Crippen molar-refractivity contribution in [1.29, 1.82) is 0 Å². The monoisotopic (exact) mass is 275 g/mol. The molecule has 108 valence electrons. The Kier molecular flexibility index (Phi) is 7.66. The van der Waals surface area contributed by atoms with Gasteiger partial charge >= 0.3 is 18.0 Å². The SMILES string of the molecule is CCNC(=O)CCNC(=O)NC(CC(=O)O)C(=O)O. The molecule has 0 aliphatic rings. The molecule has 0 aliphatic heterocycles. The van der Waals surface area contributed by atoms with Crippen LogP contribution in [0.2, 0.25) is 0 Å². The Hall–Kier alpha value is -2.32. The van der Waals surface area contributed by atoms with Crippen LogP contribution in [0.1, 0.15) is 19.8 Å². The Morgan fingerprint density at radius 1 is 1.11 bits per heavy atom. The average Bonchev–Trinajstić information content (AvgIpc) is 2.27. The Morgan fingerprint density at radius 3 is 2.21 bits per heavy atom. The average molecular weight is 275 g/mol. The van der Waals surface area contributed by atoms with Crippen LogP contribution in [0.5, 0.6) is 0 Å². The van der Waals surface area contributed by atoms with Crippen molar-refractivity contribution in [2.24, 2.45) is 0 Å². The fourth-order valence-corrected chi connectivity index (χ4v) is 1.16. The van der Waals surface area contributed by atoms with Crippen LogP contribution in [0, 0.1) is 0 Å². The molecule has 19 heavy (non-hydrogen) atoms. The third kappa shape index (κ3) is 8.41. The number of carbonyl (C=O) groups is 4. The second kappa shape index (κ2) is 8.72. The molecule has 0 aliphatic carbocycles. The summed E-state index contributed by atoms with van der Waals surface area (Å²) in [6, 6.07) is -2.35. The van der Waals surface area contributed by atoms with Crippen molar-refractivity contribution in [1.82, 2.24) is 16.0 Å². The van der Waals surface area contributed by atoms with Crippen molar-refractivity contribution in [3.8, 4) is 0 Å². The van der Waals surface area contributed by atoms with Gasteiger partial charge in [0, 0.05) is 19.5 Å². The zero-order valence-corrected chi connectivity index (χ0v) is 10.4. The number of carbonyl (C=O) groups excluding carboxylic acids is 2. The highest BCUT2D eigenvalue weighted by atomic mass is 16.4. The summed E-state index contributed by atoms with van der Waals surface area (Å²) >= 11 is 0. The van der Waals surface area contributed by atoms with Gasteiger partial charge in [-0.3, -0.25) is 9.59 Å². The third-order valence-electron chi connectivity index (χ3n) is 1.99. The van der Waals surface area contributed by atoms with E-state index in [1.54, 1.807) is 6.92 Å².